The molecule has 1 aliphatic rings. The molecule has 2 aromatic rings. The van der Waals surface area contributed by atoms with E-state index in [2.05, 4.69) is 25.0 Å². The Balaban J connectivity index is 1.80. The highest BCUT2D eigenvalue weighted by molar-refractivity contribution is 7.90. The summed E-state index contributed by atoms with van der Waals surface area (Å²) in [5, 5.41) is 3.45. The van der Waals surface area contributed by atoms with Crippen molar-refractivity contribution < 1.29 is 26.7 Å². The molecule has 0 fully saturated rings. The highest BCUT2D eigenvalue weighted by Crippen LogP contribution is 2.39. The molecule has 0 aromatic carbocycles. The van der Waals surface area contributed by atoms with E-state index >= 15 is 0 Å². The van der Waals surface area contributed by atoms with Gasteiger partial charge in [-0.25, -0.2) is 27.7 Å². The summed E-state index contributed by atoms with van der Waals surface area (Å²) in [7, 11) is -2.41. The van der Waals surface area contributed by atoms with E-state index in [-0.39, 0.29) is 23.2 Å². The zero-order valence-corrected chi connectivity index (χ0v) is 17.7. The molecule has 10 nitrogen and oxygen atoms in total. The summed E-state index contributed by atoms with van der Waals surface area (Å²) < 4.78 is 54.6. The number of guanidine groups is 1. The van der Waals surface area contributed by atoms with Crippen LogP contribution in [0.1, 0.15) is 29.3 Å². The molecule has 0 bridgehead atoms. The van der Waals surface area contributed by atoms with Crippen LogP contribution in [0.15, 0.2) is 28.7 Å². The molecule has 3 N–H and O–H groups in total. The largest absolute Gasteiger partial charge is 0.433 e. The third-order valence-electron chi connectivity index (χ3n) is 4.66. The molecule has 0 radical (unpaired) electrons. The number of thiazole rings is 1. The Kier molecular flexibility index (Phi) is 5.64. The number of hydrogen-bond acceptors (Lipinski definition) is 9. The van der Waals surface area contributed by atoms with E-state index < -0.39 is 33.3 Å². The Morgan fingerprint density at radius 3 is 2.73 bits per heavy atom. The van der Waals surface area contributed by atoms with Crippen molar-refractivity contribution in [3.8, 4) is 5.75 Å². The Labute approximate surface area is 174 Å². The van der Waals surface area contributed by atoms with Crippen molar-refractivity contribution in [3.05, 3.63) is 34.4 Å². The molecule has 0 aliphatic carbocycles. The number of hydrogen-bond donors (Lipinski definition) is 2. The molecule has 2 atom stereocenters. The molecule has 0 saturated heterocycles. The van der Waals surface area contributed by atoms with Gasteiger partial charge in [-0.3, -0.25) is 4.79 Å². The maximum absolute atomic E-state index is 12.6. The predicted octanol–water partition coefficient (Wildman–Crippen LogP) is 1.59. The lowest BCUT2D eigenvalue weighted by atomic mass is 10.0. The van der Waals surface area contributed by atoms with E-state index in [1.807, 2.05) is 0 Å². The van der Waals surface area contributed by atoms with E-state index in [4.69, 9.17) is 5.73 Å². The van der Waals surface area contributed by atoms with Crippen molar-refractivity contribution >= 4 is 39.0 Å². The number of sulfonamides is 1. The van der Waals surface area contributed by atoms with Gasteiger partial charge in [0.05, 0.1) is 6.20 Å². The van der Waals surface area contributed by atoms with Crippen LogP contribution in [0.4, 0.5) is 14.6 Å². The number of halogens is 2. The van der Waals surface area contributed by atoms with Gasteiger partial charge in [0.15, 0.2) is 0 Å². The number of carbonyl (C=O) groups excluding carboxylic acids is 1. The number of nitrogens with one attached hydrogen (secondary N) is 1. The minimum atomic E-state index is -3.73. The highest BCUT2D eigenvalue weighted by Gasteiger charge is 2.49. The van der Waals surface area contributed by atoms with Gasteiger partial charge >= 0.3 is 6.61 Å². The first kappa shape index (κ1) is 21.8. The van der Waals surface area contributed by atoms with Gasteiger partial charge in [0.1, 0.15) is 33.1 Å². The summed E-state index contributed by atoms with van der Waals surface area (Å²) in [4.78, 5) is 24.7. The van der Waals surface area contributed by atoms with Gasteiger partial charge in [0.2, 0.25) is 16.0 Å². The lowest BCUT2D eigenvalue weighted by molar-refractivity contribution is -0.0500. The molecule has 0 spiro atoms. The molecule has 1 amide bonds. The second kappa shape index (κ2) is 7.75. The first-order chi connectivity index (χ1) is 13.9. The standard InChI is InChI=1S/C16H18F2N6O4S2/c1-8-16(2,23-15(19)24(3)30(8,26)27)13-22-11(7-29-13)21-12(25)10-5-4-9(6-20-10)28-14(17)18/h4-8,14H,1-3H3,(H2,19,23)(H,21,25)/t8-,16+/m1/s1. The number of alkyl halides is 2. The highest BCUT2D eigenvalue weighted by atomic mass is 32.2. The quantitative estimate of drug-likeness (QED) is 0.690. The zero-order valence-electron chi connectivity index (χ0n) is 16.0. The van der Waals surface area contributed by atoms with Crippen molar-refractivity contribution in [2.45, 2.75) is 31.2 Å². The number of aliphatic imine (C=N–C) groups is 1. The number of pyridine rings is 1. The van der Waals surface area contributed by atoms with Gasteiger partial charge in [-0.1, -0.05) is 0 Å². The predicted molar refractivity (Wildman–Crippen MR) is 106 cm³/mol. The Morgan fingerprint density at radius 2 is 2.13 bits per heavy atom. The van der Waals surface area contributed by atoms with E-state index in [1.54, 1.807) is 6.92 Å². The second-order valence-electron chi connectivity index (χ2n) is 6.52. The van der Waals surface area contributed by atoms with Gasteiger partial charge in [-0.05, 0) is 26.0 Å². The number of anilines is 1. The lowest BCUT2D eigenvalue weighted by Crippen LogP contribution is -2.55. The number of aromatic nitrogens is 2. The summed E-state index contributed by atoms with van der Waals surface area (Å²) >= 11 is 1.11. The van der Waals surface area contributed by atoms with Crippen LogP contribution in [-0.2, 0) is 15.6 Å². The summed E-state index contributed by atoms with van der Waals surface area (Å²) in [5.74, 6) is -0.814. The summed E-state index contributed by atoms with van der Waals surface area (Å²) in [5.41, 5.74) is 4.49. The van der Waals surface area contributed by atoms with Crippen LogP contribution in [0.3, 0.4) is 0 Å². The Morgan fingerprint density at radius 1 is 1.43 bits per heavy atom. The van der Waals surface area contributed by atoms with Crippen molar-refractivity contribution in [3.63, 3.8) is 0 Å². The second-order valence-corrected chi connectivity index (χ2v) is 9.66. The summed E-state index contributed by atoms with van der Waals surface area (Å²) in [6.45, 7) is 0.112. The molecular weight excluding hydrogens is 442 g/mol. The molecule has 162 valence electrons. The van der Waals surface area contributed by atoms with Gasteiger partial charge < -0.3 is 15.8 Å². The average Bonchev–Trinajstić information content (AvgIpc) is 3.14. The third-order valence-corrected chi connectivity index (χ3v) is 8.03. The Bertz CT molecular complexity index is 1090. The van der Waals surface area contributed by atoms with Crippen LogP contribution in [0.2, 0.25) is 0 Å². The fourth-order valence-corrected chi connectivity index (χ4v) is 5.25. The monoisotopic (exact) mass is 460 g/mol. The number of ether oxygens (including phenoxy) is 1. The fraction of sp³-hybridized carbons (Fsp3) is 0.375. The molecule has 30 heavy (non-hydrogen) atoms. The first-order valence-corrected chi connectivity index (χ1v) is 10.8. The zero-order chi connectivity index (χ0) is 22.3. The maximum Gasteiger partial charge on any atom is 0.387 e. The summed E-state index contributed by atoms with van der Waals surface area (Å²) in [6, 6.07) is 2.41. The van der Waals surface area contributed by atoms with E-state index in [0.29, 0.717) is 5.01 Å². The third kappa shape index (κ3) is 3.92. The minimum Gasteiger partial charge on any atom is -0.433 e. The average molecular weight is 460 g/mol. The fourth-order valence-electron chi connectivity index (χ4n) is 2.71. The Hall–Kier alpha value is -2.87. The molecule has 3 heterocycles. The van der Waals surface area contributed by atoms with Crippen molar-refractivity contribution in [1.29, 1.82) is 0 Å². The number of nitrogens with two attached hydrogens (primary N) is 1. The van der Waals surface area contributed by atoms with Crippen LogP contribution in [-0.4, -0.2) is 53.5 Å². The van der Waals surface area contributed by atoms with Crippen LogP contribution in [0.25, 0.3) is 0 Å². The molecule has 0 unspecified atom stereocenters. The first-order valence-electron chi connectivity index (χ1n) is 8.46. The number of nitrogens with zero attached hydrogens (tertiary/aromatic N) is 4. The molecule has 14 heteroatoms. The van der Waals surface area contributed by atoms with Crippen molar-refractivity contribution in [2.24, 2.45) is 10.7 Å². The molecule has 0 saturated carbocycles. The van der Waals surface area contributed by atoms with Crippen molar-refractivity contribution in [1.82, 2.24) is 14.3 Å². The molecule has 3 rings (SSSR count). The van der Waals surface area contributed by atoms with E-state index in [0.717, 1.165) is 21.8 Å². The van der Waals surface area contributed by atoms with Gasteiger partial charge in [-0.15, -0.1) is 11.3 Å². The molecule has 2 aromatic heterocycles. The normalized spacial score (nSPS) is 23.2. The van der Waals surface area contributed by atoms with Gasteiger partial charge in [0, 0.05) is 12.4 Å². The van der Waals surface area contributed by atoms with Crippen LogP contribution >= 0.6 is 11.3 Å². The van der Waals surface area contributed by atoms with E-state index in [9.17, 15) is 22.0 Å². The van der Waals surface area contributed by atoms with Gasteiger partial charge in [-0.2, -0.15) is 8.78 Å². The number of rotatable bonds is 5. The van der Waals surface area contributed by atoms with Crippen molar-refractivity contribution in [2.75, 3.05) is 12.4 Å². The van der Waals surface area contributed by atoms with Gasteiger partial charge in [0.25, 0.3) is 5.91 Å². The SMILES string of the molecule is C[C@@H]1[C@@](C)(c2nc(NC(=O)c3ccc(OC(F)F)cn3)cs2)N=C(N)N(C)S1(=O)=O. The van der Waals surface area contributed by atoms with E-state index in [1.165, 1.54) is 31.5 Å². The molecule has 1 aliphatic heterocycles. The van der Waals surface area contributed by atoms with Crippen LogP contribution < -0.4 is 15.8 Å². The van der Waals surface area contributed by atoms with Crippen LogP contribution in [0, 0.1) is 0 Å². The summed E-state index contributed by atoms with van der Waals surface area (Å²) in [6.07, 6.45) is 0.997. The maximum atomic E-state index is 12.6. The lowest BCUT2D eigenvalue weighted by Gasteiger charge is -2.38. The number of amides is 1. The smallest absolute Gasteiger partial charge is 0.387 e. The topological polar surface area (TPSA) is 140 Å². The van der Waals surface area contributed by atoms with Crippen LogP contribution in [0.5, 0.6) is 5.75 Å². The number of carbonyl (C=O) groups is 1. The molecular formula is C16H18F2N6O4S2. The minimum absolute atomic E-state index is 0.0464.